The molecule has 118 valence electrons. The van der Waals surface area contributed by atoms with E-state index in [1.807, 2.05) is 60.7 Å². The highest BCUT2D eigenvalue weighted by molar-refractivity contribution is 6.01. The van der Waals surface area contributed by atoms with Crippen molar-refractivity contribution < 1.29 is 14.3 Å². The topological polar surface area (TPSA) is 38.8 Å². The lowest BCUT2D eigenvalue weighted by Crippen LogP contribution is -2.08. The number of ketones is 1. The molecule has 0 bridgehead atoms. The number of benzene rings is 3. The summed E-state index contributed by atoms with van der Waals surface area (Å²) in [6, 6.07) is 26.6. The first-order valence-corrected chi connectivity index (χ1v) is 7.89. The number of rotatable bonds is 5. The number of para-hydroxylation sites is 1. The number of ether oxygens (including phenoxy) is 2. The fourth-order valence-electron chi connectivity index (χ4n) is 2.68. The van der Waals surface area contributed by atoms with E-state index < -0.39 is 0 Å². The lowest BCUT2D eigenvalue weighted by atomic mass is 10.0. The minimum Gasteiger partial charge on any atom is -0.457 e. The van der Waals surface area contributed by atoms with E-state index in [-0.39, 0.29) is 18.0 Å². The number of Topliss-reactive ketones (excluding diaryl/α,β-unsaturated/α-hetero) is 1. The first-order chi connectivity index (χ1) is 11.8. The van der Waals surface area contributed by atoms with E-state index in [0.29, 0.717) is 11.3 Å². The third-order valence-corrected chi connectivity index (χ3v) is 4.00. The standard InChI is InChI=1S/C21H16O3/c22-19(21-20(24-21)16-7-3-1-4-8-16)15-11-13-18(14-12-15)23-17-9-5-2-6-10-17/h1-14,20-21H/t20-,21-/m1/s1. The summed E-state index contributed by atoms with van der Waals surface area (Å²) >= 11 is 0. The second kappa shape index (κ2) is 6.30. The van der Waals surface area contributed by atoms with Crippen LogP contribution in [-0.4, -0.2) is 11.9 Å². The highest BCUT2D eigenvalue weighted by Crippen LogP contribution is 2.40. The summed E-state index contributed by atoms with van der Waals surface area (Å²) in [5, 5.41) is 0. The van der Waals surface area contributed by atoms with Crippen LogP contribution in [0, 0.1) is 0 Å². The molecule has 0 saturated carbocycles. The number of epoxide rings is 1. The molecule has 0 N–H and O–H groups in total. The summed E-state index contributed by atoms with van der Waals surface area (Å²) in [5.41, 5.74) is 1.68. The molecule has 3 aromatic carbocycles. The fourth-order valence-corrected chi connectivity index (χ4v) is 2.68. The van der Waals surface area contributed by atoms with Crippen LogP contribution in [0.15, 0.2) is 84.9 Å². The van der Waals surface area contributed by atoms with Gasteiger partial charge in [-0.05, 0) is 42.0 Å². The summed E-state index contributed by atoms with van der Waals surface area (Å²) < 4.78 is 11.3. The highest BCUT2D eigenvalue weighted by Gasteiger charge is 2.45. The van der Waals surface area contributed by atoms with Gasteiger partial charge in [0.25, 0.3) is 0 Å². The molecule has 1 aliphatic heterocycles. The minimum absolute atomic E-state index is 0.00936. The number of carbonyl (C=O) groups is 1. The van der Waals surface area contributed by atoms with Crippen molar-refractivity contribution in [1.82, 2.24) is 0 Å². The summed E-state index contributed by atoms with van der Waals surface area (Å²) in [6.07, 6.45) is -0.507. The summed E-state index contributed by atoms with van der Waals surface area (Å²) in [4.78, 5) is 12.5. The molecule has 0 aromatic heterocycles. The van der Waals surface area contributed by atoms with Gasteiger partial charge in [0.2, 0.25) is 0 Å². The average molecular weight is 316 g/mol. The Morgan fingerprint density at radius 1 is 0.750 bits per heavy atom. The Labute approximate surface area is 140 Å². The van der Waals surface area contributed by atoms with Crippen molar-refractivity contribution in [3.8, 4) is 11.5 Å². The van der Waals surface area contributed by atoms with E-state index in [1.165, 1.54) is 0 Å². The normalized spacial score (nSPS) is 18.8. The summed E-state index contributed by atoms with van der Waals surface area (Å²) in [6.45, 7) is 0. The van der Waals surface area contributed by atoms with E-state index in [1.54, 1.807) is 24.3 Å². The molecular formula is C21H16O3. The van der Waals surface area contributed by atoms with Crippen LogP contribution >= 0.6 is 0 Å². The van der Waals surface area contributed by atoms with Crippen LogP contribution in [-0.2, 0) is 4.74 Å². The van der Waals surface area contributed by atoms with Gasteiger partial charge in [0.05, 0.1) is 0 Å². The highest BCUT2D eigenvalue weighted by atomic mass is 16.6. The molecule has 4 rings (SSSR count). The fraction of sp³-hybridized carbons (Fsp3) is 0.0952. The van der Waals surface area contributed by atoms with Gasteiger partial charge in [0, 0.05) is 5.56 Å². The zero-order valence-corrected chi connectivity index (χ0v) is 13.0. The smallest absolute Gasteiger partial charge is 0.194 e. The zero-order valence-electron chi connectivity index (χ0n) is 13.0. The van der Waals surface area contributed by atoms with Gasteiger partial charge in [-0.15, -0.1) is 0 Å². The van der Waals surface area contributed by atoms with Crippen molar-refractivity contribution in [2.45, 2.75) is 12.2 Å². The lowest BCUT2D eigenvalue weighted by molar-refractivity contribution is 0.0953. The van der Waals surface area contributed by atoms with Crippen molar-refractivity contribution in [2.75, 3.05) is 0 Å². The van der Waals surface area contributed by atoms with E-state index >= 15 is 0 Å². The quantitative estimate of drug-likeness (QED) is 0.501. The van der Waals surface area contributed by atoms with Crippen molar-refractivity contribution in [1.29, 1.82) is 0 Å². The molecule has 0 amide bonds. The van der Waals surface area contributed by atoms with E-state index in [0.717, 1.165) is 11.3 Å². The van der Waals surface area contributed by atoms with Gasteiger partial charge in [-0.3, -0.25) is 4.79 Å². The van der Waals surface area contributed by atoms with Crippen molar-refractivity contribution in [3.63, 3.8) is 0 Å². The van der Waals surface area contributed by atoms with Crippen LogP contribution in [0.1, 0.15) is 22.0 Å². The third kappa shape index (κ3) is 3.07. The van der Waals surface area contributed by atoms with Gasteiger partial charge in [0.1, 0.15) is 17.6 Å². The molecule has 1 heterocycles. The summed E-state index contributed by atoms with van der Waals surface area (Å²) in [5.74, 6) is 1.48. The van der Waals surface area contributed by atoms with Crippen LogP contribution in [0.2, 0.25) is 0 Å². The van der Waals surface area contributed by atoms with Crippen LogP contribution in [0.25, 0.3) is 0 Å². The Balaban J connectivity index is 1.43. The Hall–Kier alpha value is -2.91. The van der Waals surface area contributed by atoms with E-state index in [4.69, 9.17) is 9.47 Å². The van der Waals surface area contributed by atoms with Crippen molar-refractivity contribution in [3.05, 3.63) is 96.1 Å². The van der Waals surface area contributed by atoms with Crippen molar-refractivity contribution >= 4 is 5.78 Å². The molecule has 3 heteroatoms. The van der Waals surface area contributed by atoms with Gasteiger partial charge in [-0.25, -0.2) is 0 Å². The van der Waals surface area contributed by atoms with Crippen LogP contribution in [0.4, 0.5) is 0 Å². The van der Waals surface area contributed by atoms with Gasteiger partial charge < -0.3 is 9.47 Å². The molecule has 1 aliphatic rings. The molecule has 0 radical (unpaired) electrons. The molecule has 1 fully saturated rings. The molecule has 3 aromatic rings. The third-order valence-electron chi connectivity index (χ3n) is 4.00. The second-order valence-electron chi connectivity index (χ2n) is 5.69. The monoisotopic (exact) mass is 316 g/mol. The molecule has 24 heavy (non-hydrogen) atoms. The van der Waals surface area contributed by atoms with Crippen LogP contribution < -0.4 is 4.74 Å². The first kappa shape index (κ1) is 14.7. The minimum atomic E-state index is -0.381. The maximum absolute atomic E-state index is 12.5. The molecule has 1 saturated heterocycles. The largest absolute Gasteiger partial charge is 0.457 e. The maximum Gasteiger partial charge on any atom is 0.194 e. The molecule has 2 atom stereocenters. The Morgan fingerprint density at radius 2 is 1.33 bits per heavy atom. The number of hydrogen-bond acceptors (Lipinski definition) is 3. The van der Waals surface area contributed by atoms with Gasteiger partial charge in [-0.2, -0.15) is 0 Å². The van der Waals surface area contributed by atoms with E-state index in [2.05, 4.69) is 0 Å². The lowest BCUT2D eigenvalue weighted by Gasteiger charge is -2.06. The predicted octanol–water partition coefficient (Wildman–Crippen LogP) is 4.80. The molecule has 3 nitrogen and oxygen atoms in total. The Morgan fingerprint density at radius 3 is 2.00 bits per heavy atom. The summed E-state index contributed by atoms with van der Waals surface area (Å²) in [7, 11) is 0. The number of hydrogen-bond donors (Lipinski definition) is 0. The second-order valence-corrected chi connectivity index (χ2v) is 5.69. The van der Waals surface area contributed by atoms with E-state index in [9.17, 15) is 4.79 Å². The molecule has 0 aliphatic carbocycles. The first-order valence-electron chi connectivity index (χ1n) is 7.89. The zero-order chi connectivity index (χ0) is 16.4. The predicted molar refractivity (Wildman–Crippen MR) is 91.3 cm³/mol. The van der Waals surface area contributed by atoms with Crippen molar-refractivity contribution in [2.24, 2.45) is 0 Å². The maximum atomic E-state index is 12.5. The molecular weight excluding hydrogens is 300 g/mol. The molecule has 0 spiro atoms. The Bertz CT molecular complexity index is 826. The number of carbonyl (C=O) groups excluding carboxylic acids is 1. The van der Waals surface area contributed by atoms with Crippen LogP contribution in [0.3, 0.4) is 0 Å². The van der Waals surface area contributed by atoms with Gasteiger partial charge in [0.15, 0.2) is 11.9 Å². The van der Waals surface area contributed by atoms with Gasteiger partial charge >= 0.3 is 0 Å². The Kier molecular flexibility index (Phi) is 3.85. The molecule has 0 unspecified atom stereocenters. The SMILES string of the molecule is O=C(c1ccc(Oc2ccccc2)cc1)[C@H]1O[C@@H]1c1ccccc1. The van der Waals surface area contributed by atoms with Crippen LogP contribution in [0.5, 0.6) is 11.5 Å². The van der Waals surface area contributed by atoms with Gasteiger partial charge in [-0.1, -0.05) is 48.5 Å². The average Bonchev–Trinajstić information content (AvgIpc) is 3.44.